The number of anilines is 1. The van der Waals surface area contributed by atoms with E-state index in [1.807, 2.05) is 11.8 Å². The summed E-state index contributed by atoms with van der Waals surface area (Å²) >= 11 is 12.3. The molecular weight excluding hydrogens is 457 g/mol. The molecule has 0 aliphatic carbocycles. The zero-order valence-corrected chi connectivity index (χ0v) is 18.6. The first kappa shape index (κ1) is 22.3. The van der Waals surface area contributed by atoms with E-state index in [0.29, 0.717) is 33.8 Å². The summed E-state index contributed by atoms with van der Waals surface area (Å²) in [5.41, 5.74) is 2.57. The van der Waals surface area contributed by atoms with Crippen molar-refractivity contribution in [2.75, 3.05) is 18.0 Å². The molecule has 1 aliphatic rings. The van der Waals surface area contributed by atoms with E-state index in [0.717, 1.165) is 36.2 Å². The fourth-order valence-corrected chi connectivity index (χ4v) is 4.10. The smallest absolute Gasteiger partial charge is 0.174 e. The molecule has 9 heteroatoms. The molecule has 1 aliphatic heterocycles. The highest BCUT2D eigenvalue weighted by molar-refractivity contribution is 6.36. The van der Waals surface area contributed by atoms with Gasteiger partial charge in [-0.05, 0) is 37.1 Å². The van der Waals surface area contributed by atoms with E-state index in [1.54, 1.807) is 18.5 Å². The van der Waals surface area contributed by atoms with Crippen molar-refractivity contribution in [1.82, 2.24) is 15.0 Å². The minimum Gasteiger partial charge on any atom is -0.351 e. The second-order valence-corrected chi connectivity index (χ2v) is 8.32. The van der Waals surface area contributed by atoms with Crippen LogP contribution in [0, 0.1) is 11.6 Å². The lowest BCUT2D eigenvalue weighted by Gasteiger charge is -2.31. The molecule has 0 radical (unpaired) electrons. The predicted molar refractivity (Wildman–Crippen MR) is 120 cm³/mol. The maximum atomic E-state index is 13.9. The normalized spacial score (nSPS) is 14.1. The molecule has 0 unspecified atom stereocenters. The summed E-state index contributed by atoms with van der Waals surface area (Å²) in [6.45, 7) is 3.31. The third-order valence-corrected chi connectivity index (χ3v) is 5.79. The molecule has 4 rings (SSSR count). The Balaban J connectivity index is 1.52. The van der Waals surface area contributed by atoms with E-state index >= 15 is 0 Å². The van der Waals surface area contributed by atoms with Crippen molar-refractivity contribution in [1.29, 1.82) is 0 Å². The molecule has 164 valence electrons. The van der Waals surface area contributed by atoms with Gasteiger partial charge >= 0.3 is 0 Å². The highest BCUT2D eigenvalue weighted by Crippen LogP contribution is 2.32. The van der Waals surface area contributed by atoms with Crippen molar-refractivity contribution in [3.63, 3.8) is 0 Å². The van der Waals surface area contributed by atoms with E-state index in [9.17, 15) is 13.6 Å². The van der Waals surface area contributed by atoms with Gasteiger partial charge in [0.1, 0.15) is 17.5 Å². The van der Waals surface area contributed by atoms with E-state index in [1.165, 1.54) is 12.3 Å². The molecule has 0 bridgehead atoms. The number of carbonyl (C=O) groups excluding carboxylic acids is 1. The van der Waals surface area contributed by atoms with Crippen LogP contribution in [-0.4, -0.2) is 33.8 Å². The summed E-state index contributed by atoms with van der Waals surface area (Å²) in [6, 6.07) is 4.97. The van der Waals surface area contributed by atoms with Gasteiger partial charge in [-0.2, -0.15) is 0 Å². The van der Waals surface area contributed by atoms with Crippen molar-refractivity contribution in [3.8, 4) is 0 Å². The summed E-state index contributed by atoms with van der Waals surface area (Å²) < 4.78 is 27.7. The number of carbonyl (C=O) groups is 1. The number of halogens is 4. The molecule has 0 fully saturated rings. The minimum absolute atomic E-state index is 0.250. The molecule has 3 heterocycles. The zero-order valence-electron chi connectivity index (χ0n) is 17.1. The van der Waals surface area contributed by atoms with Gasteiger partial charge in [0.2, 0.25) is 0 Å². The van der Waals surface area contributed by atoms with Crippen molar-refractivity contribution >= 4 is 40.4 Å². The highest BCUT2D eigenvalue weighted by Gasteiger charge is 2.23. The quantitative estimate of drug-likeness (QED) is 0.452. The van der Waals surface area contributed by atoms with E-state index in [-0.39, 0.29) is 6.42 Å². The van der Waals surface area contributed by atoms with E-state index in [4.69, 9.17) is 23.2 Å². The Hall–Kier alpha value is -2.90. The number of benzene rings is 1. The largest absolute Gasteiger partial charge is 0.351 e. The lowest BCUT2D eigenvalue weighted by molar-refractivity contribution is 0.0983. The van der Waals surface area contributed by atoms with Crippen molar-refractivity contribution in [2.24, 2.45) is 0 Å². The number of Topliss-reactive ketones (excluding diaryl/α,β-unsaturated/α-hetero) is 1. The van der Waals surface area contributed by atoms with Crippen LogP contribution in [0.1, 0.15) is 35.1 Å². The number of rotatable bonds is 5. The average Bonchev–Trinajstić information content (AvgIpc) is 2.75. The molecule has 3 aromatic rings. The Bertz CT molecular complexity index is 1190. The fourth-order valence-electron chi connectivity index (χ4n) is 3.60. The Kier molecular flexibility index (Phi) is 6.48. The lowest BCUT2D eigenvalue weighted by Crippen LogP contribution is -2.32. The number of hydrogen-bond donors (Lipinski definition) is 0. The van der Waals surface area contributed by atoms with Gasteiger partial charge in [0, 0.05) is 25.5 Å². The zero-order chi connectivity index (χ0) is 22.8. The molecule has 0 atom stereocenters. The first-order chi connectivity index (χ1) is 15.3. The first-order valence-electron chi connectivity index (χ1n) is 9.86. The van der Waals surface area contributed by atoms with E-state index < -0.39 is 23.0 Å². The second kappa shape index (κ2) is 9.30. The van der Waals surface area contributed by atoms with Gasteiger partial charge in [-0.25, -0.2) is 13.8 Å². The van der Waals surface area contributed by atoms with Gasteiger partial charge in [0.25, 0.3) is 0 Å². The maximum Gasteiger partial charge on any atom is 0.174 e. The minimum atomic E-state index is -0.892. The summed E-state index contributed by atoms with van der Waals surface area (Å²) in [5, 5.41) is 0.936. The topological polar surface area (TPSA) is 59.0 Å². The third kappa shape index (κ3) is 4.64. The Morgan fingerprint density at radius 3 is 2.50 bits per heavy atom. The second-order valence-electron chi connectivity index (χ2n) is 7.48. The number of nitrogens with zero attached hydrogens (tertiary/aromatic N) is 4. The number of hydrogen-bond acceptors (Lipinski definition) is 5. The Morgan fingerprint density at radius 1 is 1.09 bits per heavy atom. The molecule has 5 nitrogen and oxygen atoms in total. The number of pyridine rings is 1. The molecular formula is C23H18Cl2F2N4O. The maximum absolute atomic E-state index is 13.9. The molecule has 0 spiro atoms. The van der Waals surface area contributed by atoms with E-state index in [2.05, 4.69) is 15.0 Å². The summed E-state index contributed by atoms with van der Waals surface area (Å²) in [4.78, 5) is 27.5. The Labute approximate surface area is 193 Å². The molecule has 0 saturated heterocycles. The van der Waals surface area contributed by atoms with Crippen LogP contribution in [-0.2, 0) is 6.42 Å². The summed E-state index contributed by atoms with van der Waals surface area (Å²) in [5.74, 6) is -1.83. The third-order valence-electron chi connectivity index (χ3n) is 5.31. The van der Waals surface area contributed by atoms with Gasteiger partial charge in [-0.1, -0.05) is 34.8 Å². The van der Waals surface area contributed by atoms with Crippen LogP contribution in [0.25, 0.3) is 5.57 Å². The van der Waals surface area contributed by atoms with Gasteiger partial charge in [0.05, 0.1) is 39.6 Å². The van der Waals surface area contributed by atoms with Gasteiger partial charge in [-0.15, -0.1) is 0 Å². The lowest BCUT2D eigenvalue weighted by atomic mass is 9.99. The molecule has 32 heavy (non-hydrogen) atoms. The van der Waals surface area contributed by atoms with Crippen LogP contribution in [0.3, 0.4) is 0 Å². The van der Waals surface area contributed by atoms with Gasteiger partial charge in [-0.3, -0.25) is 14.8 Å². The van der Waals surface area contributed by atoms with Crippen LogP contribution in [0.4, 0.5) is 14.6 Å². The predicted octanol–water partition coefficient (Wildman–Crippen LogP) is 5.57. The van der Waals surface area contributed by atoms with Crippen LogP contribution in [0.2, 0.25) is 10.0 Å². The monoisotopic (exact) mass is 474 g/mol. The molecule has 0 saturated carbocycles. The van der Waals surface area contributed by atoms with Crippen molar-refractivity contribution in [3.05, 3.63) is 87.1 Å². The SMILES string of the molecule is CC1=C(c2cnc(CC(=O)c3c(F)cccc3F)cn2)CN(c2ncc(Cl)cc2Cl)CC1. The van der Waals surface area contributed by atoms with Crippen LogP contribution in [0.5, 0.6) is 0 Å². The molecule has 0 amide bonds. The summed E-state index contributed by atoms with van der Waals surface area (Å²) in [6.07, 6.45) is 5.12. The van der Waals surface area contributed by atoms with Crippen LogP contribution < -0.4 is 4.90 Å². The van der Waals surface area contributed by atoms with Crippen LogP contribution in [0.15, 0.2) is 48.4 Å². The van der Waals surface area contributed by atoms with Crippen molar-refractivity contribution in [2.45, 2.75) is 19.8 Å². The van der Waals surface area contributed by atoms with Gasteiger partial charge < -0.3 is 4.90 Å². The average molecular weight is 475 g/mol. The van der Waals surface area contributed by atoms with Crippen molar-refractivity contribution < 1.29 is 13.6 Å². The summed E-state index contributed by atoms with van der Waals surface area (Å²) in [7, 11) is 0. The number of ketones is 1. The number of aromatic nitrogens is 3. The van der Waals surface area contributed by atoms with Gasteiger partial charge in [0.15, 0.2) is 5.78 Å². The first-order valence-corrected chi connectivity index (χ1v) is 10.6. The van der Waals surface area contributed by atoms with Crippen LogP contribution >= 0.6 is 23.2 Å². The standard InChI is InChI=1S/C23H18Cl2F2N4O/c1-13-5-6-31(23-17(25)7-14(24)9-30-23)12-16(13)20-11-28-15(10-29-20)8-21(32)22-18(26)3-2-4-19(22)27/h2-4,7,9-11H,5-6,8,12H2,1H3. The highest BCUT2D eigenvalue weighted by atomic mass is 35.5. The molecule has 1 aromatic carbocycles. The molecule has 2 aromatic heterocycles. The molecule has 0 N–H and O–H groups in total. The fraction of sp³-hybridized carbons (Fsp3) is 0.217. The Morgan fingerprint density at radius 2 is 1.84 bits per heavy atom.